The zero-order valence-corrected chi connectivity index (χ0v) is 66.0. The highest BCUT2D eigenvalue weighted by molar-refractivity contribution is 7.47. The Balaban J connectivity index is 5.37. The van der Waals surface area contributed by atoms with E-state index < -0.39 is 97.5 Å². The predicted molar refractivity (Wildman–Crippen MR) is 418 cm³/mol. The van der Waals surface area contributed by atoms with Gasteiger partial charge in [0, 0.05) is 25.7 Å². The fourth-order valence-electron chi connectivity index (χ4n) is 10.6. The highest BCUT2D eigenvalue weighted by Crippen LogP contribution is 2.45. The molecule has 0 saturated heterocycles. The molecule has 5 unspecified atom stereocenters. The Morgan fingerprint density at radius 2 is 0.520 bits per heavy atom. The molecule has 0 aromatic heterocycles. The Hall–Kier alpha value is -4.28. The van der Waals surface area contributed by atoms with Crippen LogP contribution in [-0.4, -0.2) is 96.7 Å². The monoisotopic (exact) mass is 1470 g/mol. The quantitative estimate of drug-likeness (QED) is 0.0169. The number of hydrogen-bond acceptors (Lipinski definition) is 15. The average molecular weight is 1480 g/mol. The summed E-state index contributed by atoms with van der Waals surface area (Å²) in [4.78, 5) is 72.9. The molecule has 3 N–H and O–H groups in total. The molecule has 0 aromatic rings. The van der Waals surface area contributed by atoms with E-state index in [1.807, 2.05) is 12.2 Å². The van der Waals surface area contributed by atoms with Gasteiger partial charge in [0.25, 0.3) is 0 Å². The second-order valence-electron chi connectivity index (χ2n) is 26.6. The predicted octanol–water partition coefficient (Wildman–Crippen LogP) is 23.3. The third kappa shape index (κ3) is 74.0. The van der Waals surface area contributed by atoms with Crippen molar-refractivity contribution in [2.45, 2.75) is 354 Å². The number of rotatable bonds is 75. The van der Waals surface area contributed by atoms with Gasteiger partial charge in [-0.25, -0.2) is 9.13 Å². The van der Waals surface area contributed by atoms with E-state index in [9.17, 15) is 43.2 Å². The van der Waals surface area contributed by atoms with Crippen molar-refractivity contribution in [3.8, 4) is 0 Å². The molecule has 102 heavy (non-hydrogen) atoms. The van der Waals surface area contributed by atoms with Crippen LogP contribution in [0, 0.1) is 0 Å². The summed E-state index contributed by atoms with van der Waals surface area (Å²) in [6, 6.07) is 0. The number of ether oxygens (including phenoxy) is 4. The first-order valence-corrected chi connectivity index (χ1v) is 43.1. The molecule has 0 aliphatic rings. The van der Waals surface area contributed by atoms with E-state index in [0.717, 1.165) is 154 Å². The fourth-order valence-corrected chi connectivity index (χ4v) is 12.2. The Kier molecular flexibility index (Phi) is 71.8. The van der Waals surface area contributed by atoms with Crippen LogP contribution in [0.5, 0.6) is 0 Å². The van der Waals surface area contributed by atoms with E-state index in [0.29, 0.717) is 32.1 Å². The van der Waals surface area contributed by atoms with Gasteiger partial charge in [-0.3, -0.25) is 37.3 Å². The summed E-state index contributed by atoms with van der Waals surface area (Å²) in [6.07, 6.45) is 80.8. The first-order valence-electron chi connectivity index (χ1n) is 40.1. The number of aliphatic hydroxyl groups excluding tert-OH is 1. The maximum absolute atomic E-state index is 13.1. The van der Waals surface area contributed by atoms with Gasteiger partial charge in [-0.15, -0.1) is 0 Å². The minimum absolute atomic E-state index is 0.0725. The lowest BCUT2D eigenvalue weighted by atomic mass is 10.1. The van der Waals surface area contributed by atoms with Gasteiger partial charge < -0.3 is 33.8 Å². The highest BCUT2D eigenvalue weighted by Gasteiger charge is 2.30. The second-order valence-corrected chi connectivity index (χ2v) is 29.5. The fraction of sp³-hybridized carbons (Fsp3) is 0.735. The molecular formula is C83H144O17P2. The summed E-state index contributed by atoms with van der Waals surface area (Å²) in [5.74, 6) is -2.25. The zero-order valence-electron chi connectivity index (χ0n) is 64.3. The van der Waals surface area contributed by atoms with E-state index in [4.69, 9.17) is 37.0 Å². The molecule has 0 rings (SSSR count). The highest BCUT2D eigenvalue weighted by atomic mass is 31.2. The summed E-state index contributed by atoms with van der Waals surface area (Å²) in [7, 11) is -9.97. The molecule has 0 aliphatic heterocycles. The first kappa shape index (κ1) is 97.7. The Labute approximate surface area is 619 Å². The molecule has 19 heteroatoms. The summed E-state index contributed by atoms with van der Waals surface area (Å²) < 4.78 is 68.5. The van der Waals surface area contributed by atoms with Crippen LogP contribution in [0.2, 0.25) is 0 Å². The summed E-state index contributed by atoms with van der Waals surface area (Å²) in [6.45, 7) is 4.66. The number of esters is 4. The van der Waals surface area contributed by atoms with Crippen molar-refractivity contribution in [1.82, 2.24) is 0 Å². The van der Waals surface area contributed by atoms with Crippen LogP contribution in [0.4, 0.5) is 0 Å². The van der Waals surface area contributed by atoms with Crippen LogP contribution in [-0.2, 0) is 65.4 Å². The molecule has 0 radical (unpaired) electrons. The van der Waals surface area contributed by atoms with Crippen LogP contribution >= 0.6 is 15.6 Å². The van der Waals surface area contributed by atoms with Crippen LogP contribution < -0.4 is 0 Å². The smallest absolute Gasteiger partial charge is 0.462 e. The molecule has 5 atom stereocenters. The van der Waals surface area contributed by atoms with Crippen molar-refractivity contribution < 1.29 is 80.2 Å². The molecule has 0 amide bonds. The van der Waals surface area contributed by atoms with Crippen LogP contribution in [0.1, 0.15) is 336 Å². The molecule has 0 fully saturated rings. The van der Waals surface area contributed by atoms with Gasteiger partial charge in [0.15, 0.2) is 12.2 Å². The summed E-state index contributed by atoms with van der Waals surface area (Å²) in [5, 5.41) is 10.6. The van der Waals surface area contributed by atoms with E-state index in [1.165, 1.54) is 96.3 Å². The first-order chi connectivity index (χ1) is 49.7. The van der Waals surface area contributed by atoms with E-state index in [-0.39, 0.29) is 25.7 Å². The minimum Gasteiger partial charge on any atom is -0.462 e. The lowest BCUT2D eigenvalue weighted by molar-refractivity contribution is -0.161. The van der Waals surface area contributed by atoms with Crippen molar-refractivity contribution in [3.63, 3.8) is 0 Å². The van der Waals surface area contributed by atoms with Crippen molar-refractivity contribution in [2.75, 3.05) is 39.6 Å². The van der Waals surface area contributed by atoms with E-state index in [1.54, 1.807) is 0 Å². The van der Waals surface area contributed by atoms with Gasteiger partial charge in [0.05, 0.1) is 26.4 Å². The van der Waals surface area contributed by atoms with Crippen LogP contribution in [0.3, 0.4) is 0 Å². The Morgan fingerprint density at radius 3 is 0.853 bits per heavy atom. The van der Waals surface area contributed by atoms with Crippen LogP contribution in [0.15, 0.2) is 109 Å². The average Bonchev–Trinajstić information content (AvgIpc) is 0.944. The number of unbranched alkanes of at least 4 members (excludes halogenated alkanes) is 31. The SMILES string of the molecule is CC/C=C\C/C=C\C/C=C\C/C=C\C/C=C\CCCC(=O)OCC(COP(=O)(O)OCC(O)COP(=O)(O)OCC(COC(=O)CCCCCCCC/C=C\C/C=C\C/C=C\CCCCC)OC(=O)CCCCCCCCCCCCC)OC(=O)CCCCCCC/C=C\CCCCCCCC. The molecule has 0 heterocycles. The largest absolute Gasteiger partial charge is 0.472 e. The number of hydrogen-bond donors (Lipinski definition) is 3. The van der Waals surface area contributed by atoms with Crippen molar-refractivity contribution >= 4 is 39.5 Å². The van der Waals surface area contributed by atoms with Gasteiger partial charge in [-0.2, -0.15) is 0 Å². The van der Waals surface area contributed by atoms with Gasteiger partial charge in [-0.05, 0) is 128 Å². The molecule has 588 valence electrons. The van der Waals surface area contributed by atoms with E-state index in [2.05, 4.69) is 125 Å². The number of carbonyl (C=O) groups excluding carboxylic acids is 4. The molecule has 0 bridgehead atoms. The Morgan fingerprint density at radius 1 is 0.284 bits per heavy atom. The minimum atomic E-state index is -4.99. The zero-order chi connectivity index (χ0) is 74.6. The molecule has 0 aliphatic carbocycles. The van der Waals surface area contributed by atoms with E-state index >= 15 is 0 Å². The number of phosphoric acid groups is 2. The van der Waals surface area contributed by atoms with Gasteiger partial charge >= 0.3 is 39.5 Å². The van der Waals surface area contributed by atoms with Crippen LogP contribution in [0.25, 0.3) is 0 Å². The number of phosphoric ester groups is 2. The van der Waals surface area contributed by atoms with Crippen molar-refractivity contribution in [1.29, 1.82) is 0 Å². The molecule has 0 aromatic carbocycles. The van der Waals surface area contributed by atoms with Gasteiger partial charge in [0.1, 0.15) is 19.3 Å². The summed E-state index contributed by atoms with van der Waals surface area (Å²) >= 11 is 0. The summed E-state index contributed by atoms with van der Waals surface area (Å²) in [5.41, 5.74) is 0. The lowest BCUT2D eigenvalue weighted by Gasteiger charge is -2.21. The number of carbonyl (C=O) groups is 4. The third-order valence-corrected chi connectivity index (χ3v) is 18.6. The maximum atomic E-state index is 13.1. The standard InChI is InChI=1S/C83H144O17P2/c1-5-9-13-17-21-25-29-32-35-37-38-40-43-45-49-52-56-60-64-68-80(85)93-73-78(99-82(87)69-65-61-57-53-47-28-24-20-16-12-8-4)75-97-101(89,90)95-71-77(84)72-96-102(91,92)98-76-79(100-83(88)70-66-62-58-54-50-46-41-34-31-27-23-19-15-11-7-3)74-94-81(86)67-63-59-55-51-48-44-42-39-36-33-30-26-22-18-14-10-6-2/h10,14,21-22,25-26,32-36,38,40-42,44,51,55,77-79,84H,5-9,11-13,15-20,23-24,27-31,37,39,43,45-50,52-54,56-76H2,1-4H3,(H,89,90)(H,91,92)/b14-10-,25-21-,26-22-,35-32-,36-33-,40-38-,41-34-,44-42-,55-51-. The Bertz CT molecular complexity index is 2360. The van der Waals surface area contributed by atoms with Crippen molar-refractivity contribution in [3.05, 3.63) is 109 Å². The normalized spacial score (nSPS) is 14.5. The van der Waals surface area contributed by atoms with Gasteiger partial charge in [0.2, 0.25) is 0 Å². The number of allylic oxidation sites excluding steroid dienone is 18. The molecular weight excluding hydrogens is 1330 g/mol. The van der Waals surface area contributed by atoms with Gasteiger partial charge in [-0.1, -0.05) is 291 Å². The lowest BCUT2D eigenvalue weighted by Crippen LogP contribution is -2.30. The van der Waals surface area contributed by atoms with Crippen molar-refractivity contribution in [2.24, 2.45) is 0 Å². The molecule has 17 nitrogen and oxygen atoms in total. The maximum Gasteiger partial charge on any atom is 0.472 e. The second kappa shape index (κ2) is 75.0. The number of aliphatic hydroxyl groups is 1. The third-order valence-electron chi connectivity index (χ3n) is 16.7. The molecule has 0 spiro atoms. The molecule has 0 saturated carbocycles. The topological polar surface area (TPSA) is 237 Å².